The Morgan fingerprint density at radius 3 is 2.72 bits per heavy atom. The number of halogens is 2. The molecule has 6 N–H and O–H groups in total. The largest absolute Gasteiger partial charge is 0.388 e. The number of fused-ring (bicyclic) bond motifs is 2. The Bertz CT molecular complexity index is 1390. The molecule has 3 heterocycles. The van der Waals surface area contributed by atoms with Crippen LogP contribution in [0.2, 0.25) is 5.02 Å². The minimum atomic E-state index is -1.08. The fourth-order valence-electron chi connectivity index (χ4n) is 4.23. The number of aliphatic hydroxyl groups excluding tert-OH is 2. The Morgan fingerprint density at radius 2 is 1.91 bits per heavy atom. The number of nitrogens with zero attached hydrogens (tertiary/aromatic N) is 4. The van der Waals surface area contributed by atoms with Crippen LogP contribution in [0.1, 0.15) is 18.0 Å². The molecule has 3 atom stereocenters. The van der Waals surface area contributed by atoms with Gasteiger partial charge in [0.15, 0.2) is 0 Å². The summed E-state index contributed by atoms with van der Waals surface area (Å²) < 4.78 is 16.4. The van der Waals surface area contributed by atoms with Crippen molar-refractivity contribution in [3.8, 4) is 0 Å². The lowest BCUT2D eigenvalue weighted by Gasteiger charge is -2.19. The van der Waals surface area contributed by atoms with Crippen molar-refractivity contribution in [3.05, 3.63) is 64.8 Å². The molecule has 0 spiro atoms. The van der Waals surface area contributed by atoms with E-state index in [1.54, 1.807) is 35.0 Å². The van der Waals surface area contributed by atoms with E-state index in [0.717, 1.165) is 0 Å². The van der Waals surface area contributed by atoms with Gasteiger partial charge in [-0.15, -0.1) is 0 Å². The first-order valence-corrected chi connectivity index (χ1v) is 10.4. The number of hydrogen-bond donors (Lipinski definition) is 4. The molecular weight excluding hydrogens is 435 g/mol. The number of nitrogen functional groups attached to an aromatic ring is 2. The average Bonchev–Trinajstić information content (AvgIpc) is 3.31. The summed E-state index contributed by atoms with van der Waals surface area (Å²) in [5.41, 5.74) is 13.8. The maximum absolute atomic E-state index is 14.6. The Labute approximate surface area is 187 Å². The number of anilines is 2. The predicted octanol–water partition coefficient (Wildman–Crippen LogP) is 2.77. The van der Waals surface area contributed by atoms with Crippen molar-refractivity contribution >= 4 is 45.2 Å². The molecule has 0 aliphatic heterocycles. The first-order valence-electron chi connectivity index (χ1n) is 10.0. The van der Waals surface area contributed by atoms with E-state index in [0.29, 0.717) is 51.7 Å². The molecule has 0 radical (unpaired) electrons. The van der Waals surface area contributed by atoms with Gasteiger partial charge < -0.3 is 26.2 Å². The third kappa shape index (κ3) is 3.35. The van der Waals surface area contributed by atoms with E-state index in [-0.39, 0.29) is 10.8 Å². The standard InChI is InChI=1S/C22H20ClFN6O2/c23-14-5-12-6-15(24)10(7-16(12)29-21(14)26)1-2-11-8-17(19(32)18(11)31)30-4-3-13-20(25)27-9-28-22(13)30/h3-9,17-19,31-32H,1-2H2,(H2,26,29)(H2,25,27,28)/t17-,18-,19+/m1/s1. The highest BCUT2D eigenvalue weighted by atomic mass is 35.5. The fourth-order valence-corrected chi connectivity index (χ4v) is 4.39. The molecular formula is C22H20ClFN6O2. The lowest BCUT2D eigenvalue weighted by atomic mass is 10.0. The SMILES string of the molecule is Nc1nc2cc(CCC3=C[C@@H](n4ccc5c(N)ncnc54)[C@H](O)[C@@H]3O)c(F)cc2cc1Cl. The monoisotopic (exact) mass is 454 g/mol. The second-order valence-electron chi connectivity index (χ2n) is 7.88. The molecule has 0 saturated carbocycles. The number of benzene rings is 1. The van der Waals surface area contributed by atoms with Crippen LogP contribution in [-0.4, -0.2) is 41.9 Å². The topological polar surface area (TPSA) is 136 Å². The van der Waals surface area contributed by atoms with Crippen molar-refractivity contribution in [2.24, 2.45) is 0 Å². The number of pyridine rings is 1. The summed E-state index contributed by atoms with van der Waals surface area (Å²) in [5.74, 6) is 0.127. The summed E-state index contributed by atoms with van der Waals surface area (Å²) in [6, 6.07) is 5.82. The lowest BCUT2D eigenvalue weighted by molar-refractivity contribution is 0.0317. The maximum atomic E-state index is 14.6. The Balaban J connectivity index is 1.42. The zero-order valence-corrected chi connectivity index (χ0v) is 17.5. The van der Waals surface area contributed by atoms with Crippen molar-refractivity contribution in [2.75, 3.05) is 11.5 Å². The van der Waals surface area contributed by atoms with Gasteiger partial charge in [-0.05, 0) is 48.2 Å². The van der Waals surface area contributed by atoms with Gasteiger partial charge in [-0.2, -0.15) is 0 Å². The molecule has 32 heavy (non-hydrogen) atoms. The first-order chi connectivity index (χ1) is 15.3. The Hall–Kier alpha value is -3.27. The third-order valence-electron chi connectivity index (χ3n) is 5.95. The Morgan fingerprint density at radius 1 is 1.09 bits per heavy atom. The summed E-state index contributed by atoms with van der Waals surface area (Å²) in [4.78, 5) is 12.4. The molecule has 1 aliphatic carbocycles. The molecule has 0 amide bonds. The molecule has 0 unspecified atom stereocenters. The minimum Gasteiger partial charge on any atom is -0.388 e. The number of nitrogens with two attached hydrogens (primary N) is 2. The highest BCUT2D eigenvalue weighted by molar-refractivity contribution is 6.33. The highest BCUT2D eigenvalue weighted by Gasteiger charge is 2.36. The quantitative estimate of drug-likeness (QED) is 0.348. The van der Waals surface area contributed by atoms with Crippen molar-refractivity contribution in [1.29, 1.82) is 0 Å². The van der Waals surface area contributed by atoms with Crippen LogP contribution < -0.4 is 11.5 Å². The van der Waals surface area contributed by atoms with Crippen LogP contribution in [0.25, 0.3) is 21.9 Å². The molecule has 0 fully saturated rings. The summed E-state index contributed by atoms with van der Waals surface area (Å²) in [6.07, 6.45) is 3.43. The molecule has 10 heteroatoms. The van der Waals surface area contributed by atoms with E-state index in [9.17, 15) is 14.6 Å². The molecule has 8 nitrogen and oxygen atoms in total. The number of rotatable bonds is 4. The number of aliphatic hydroxyl groups is 2. The number of aromatic nitrogens is 4. The van der Waals surface area contributed by atoms with Crippen LogP contribution in [0.3, 0.4) is 0 Å². The van der Waals surface area contributed by atoms with E-state index in [2.05, 4.69) is 15.0 Å². The van der Waals surface area contributed by atoms with Crippen molar-refractivity contribution in [3.63, 3.8) is 0 Å². The van der Waals surface area contributed by atoms with Gasteiger partial charge in [-0.3, -0.25) is 0 Å². The zero-order chi connectivity index (χ0) is 22.6. The van der Waals surface area contributed by atoms with Gasteiger partial charge in [0, 0.05) is 11.6 Å². The van der Waals surface area contributed by atoms with Gasteiger partial charge in [0.1, 0.15) is 41.6 Å². The van der Waals surface area contributed by atoms with E-state index in [1.165, 1.54) is 12.4 Å². The summed E-state index contributed by atoms with van der Waals surface area (Å²) in [6.45, 7) is 0. The van der Waals surface area contributed by atoms with Crippen LogP contribution in [0.5, 0.6) is 0 Å². The Kier molecular flexibility index (Phi) is 4.96. The van der Waals surface area contributed by atoms with Crippen LogP contribution >= 0.6 is 11.6 Å². The predicted molar refractivity (Wildman–Crippen MR) is 121 cm³/mol. The van der Waals surface area contributed by atoms with Gasteiger partial charge in [0.05, 0.1) is 22.0 Å². The van der Waals surface area contributed by atoms with E-state index >= 15 is 0 Å². The molecule has 0 saturated heterocycles. The normalized spacial score (nSPS) is 20.9. The summed E-state index contributed by atoms with van der Waals surface area (Å²) in [5, 5.41) is 22.8. The number of aryl methyl sites for hydroxylation is 1. The van der Waals surface area contributed by atoms with E-state index < -0.39 is 24.1 Å². The van der Waals surface area contributed by atoms with Crippen LogP contribution in [0.4, 0.5) is 16.0 Å². The zero-order valence-electron chi connectivity index (χ0n) is 16.8. The van der Waals surface area contributed by atoms with Crippen molar-refractivity contribution in [2.45, 2.75) is 31.1 Å². The molecule has 1 aliphatic rings. The second-order valence-corrected chi connectivity index (χ2v) is 8.29. The van der Waals surface area contributed by atoms with Crippen LogP contribution in [0, 0.1) is 5.82 Å². The lowest BCUT2D eigenvalue weighted by Crippen LogP contribution is -2.29. The van der Waals surface area contributed by atoms with Gasteiger partial charge in [-0.25, -0.2) is 19.3 Å². The third-order valence-corrected chi connectivity index (χ3v) is 6.25. The summed E-state index contributed by atoms with van der Waals surface area (Å²) >= 11 is 5.97. The van der Waals surface area contributed by atoms with Gasteiger partial charge in [0.2, 0.25) is 0 Å². The molecule has 5 rings (SSSR count). The van der Waals surface area contributed by atoms with Gasteiger partial charge in [0.25, 0.3) is 0 Å². The first kappa shape index (κ1) is 20.6. The molecule has 1 aromatic carbocycles. The minimum absolute atomic E-state index is 0.181. The van der Waals surface area contributed by atoms with Crippen molar-refractivity contribution in [1.82, 2.24) is 19.5 Å². The second kappa shape index (κ2) is 7.70. The fraction of sp³-hybridized carbons (Fsp3) is 0.227. The van der Waals surface area contributed by atoms with Gasteiger partial charge in [-0.1, -0.05) is 17.7 Å². The smallest absolute Gasteiger partial charge is 0.146 e. The molecule has 4 aromatic rings. The maximum Gasteiger partial charge on any atom is 0.146 e. The highest BCUT2D eigenvalue weighted by Crippen LogP contribution is 2.35. The average molecular weight is 455 g/mol. The molecule has 3 aromatic heterocycles. The van der Waals surface area contributed by atoms with E-state index in [1.807, 2.05) is 0 Å². The molecule has 164 valence electrons. The number of hydrogen-bond acceptors (Lipinski definition) is 7. The van der Waals surface area contributed by atoms with E-state index in [4.69, 9.17) is 23.1 Å². The van der Waals surface area contributed by atoms with Gasteiger partial charge >= 0.3 is 0 Å². The van der Waals surface area contributed by atoms with Crippen LogP contribution in [0.15, 0.2) is 48.4 Å². The van der Waals surface area contributed by atoms with Crippen molar-refractivity contribution < 1.29 is 14.6 Å². The molecule has 0 bridgehead atoms. The summed E-state index contributed by atoms with van der Waals surface area (Å²) in [7, 11) is 0. The van der Waals surface area contributed by atoms with Crippen LogP contribution in [-0.2, 0) is 6.42 Å².